The highest BCUT2D eigenvalue weighted by atomic mass is 16.7. The summed E-state index contributed by atoms with van der Waals surface area (Å²) in [5, 5.41) is 8.98. The van der Waals surface area contributed by atoms with Crippen molar-refractivity contribution in [2.75, 3.05) is 6.79 Å². The predicted molar refractivity (Wildman–Crippen MR) is 70.1 cm³/mol. The molecule has 0 heterocycles. The first-order chi connectivity index (χ1) is 9.27. The average molecular weight is 258 g/mol. The van der Waals surface area contributed by atoms with E-state index in [9.17, 15) is 4.79 Å². The number of para-hydroxylation sites is 1. The van der Waals surface area contributed by atoms with Gasteiger partial charge in [0.2, 0.25) is 0 Å². The smallest absolute Gasteiger partial charge is 0.339 e. The van der Waals surface area contributed by atoms with Crippen LogP contribution in [0.1, 0.15) is 15.9 Å². The molecule has 19 heavy (non-hydrogen) atoms. The minimum absolute atomic E-state index is 0.0131. The van der Waals surface area contributed by atoms with Gasteiger partial charge >= 0.3 is 5.97 Å². The maximum absolute atomic E-state index is 11.0. The van der Waals surface area contributed by atoms with Gasteiger partial charge in [0, 0.05) is 0 Å². The van der Waals surface area contributed by atoms with Gasteiger partial charge in [0.1, 0.15) is 11.3 Å². The van der Waals surface area contributed by atoms with E-state index in [-0.39, 0.29) is 12.4 Å². The summed E-state index contributed by atoms with van der Waals surface area (Å²) in [5.41, 5.74) is 1.17. The van der Waals surface area contributed by atoms with E-state index < -0.39 is 5.97 Å². The highest BCUT2D eigenvalue weighted by molar-refractivity contribution is 5.90. The highest BCUT2D eigenvalue weighted by Gasteiger charge is 2.09. The Morgan fingerprint density at radius 1 is 1.00 bits per heavy atom. The Morgan fingerprint density at radius 3 is 2.42 bits per heavy atom. The van der Waals surface area contributed by atoms with Gasteiger partial charge in [-0.3, -0.25) is 0 Å². The molecule has 2 aromatic carbocycles. The van der Waals surface area contributed by atoms with Gasteiger partial charge in [-0.25, -0.2) is 4.79 Å². The largest absolute Gasteiger partial charge is 0.478 e. The fourth-order valence-corrected chi connectivity index (χ4v) is 1.61. The van der Waals surface area contributed by atoms with Gasteiger partial charge in [0.15, 0.2) is 6.79 Å². The van der Waals surface area contributed by atoms with Crippen LogP contribution in [-0.2, 0) is 11.3 Å². The zero-order chi connectivity index (χ0) is 13.5. The molecule has 0 unspecified atom stereocenters. The van der Waals surface area contributed by atoms with Gasteiger partial charge in [-0.05, 0) is 17.7 Å². The topological polar surface area (TPSA) is 55.8 Å². The Balaban J connectivity index is 1.85. The first-order valence-corrected chi connectivity index (χ1v) is 5.84. The molecule has 2 aromatic rings. The fourth-order valence-electron chi connectivity index (χ4n) is 1.61. The van der Waals surface area contributed by atoms with Crippen molar-refractivity contribution in [1.82, 2.24) is 0 Å². The number of carboxylic acids is 1. The van der Waals surface area contributed by atoms with Crippen LogP contribution in [0.15, 0.2) is 54.6 Å². The van der Waals surface area contributed by atoms with E-state index in [0.29, 0.717) is 12.4 Å². The quantitative estimate of drug-likeness (QED) is 0.639. The summed E-state index contributed by atoms with van der Waals surface area (Å²) >= 11 is 0. The van der Waals surface area contributed by atoms with E-state index in [1.807, 2.05) is 30.3 Å². The van der Waals surface area contributed by atoms with Crippen molar-refractivity contribution >= 4 is 5.97 Å². The van der Waals surface area contributed by atoms with Crippen molar-refractivity contribution in [3.8, 4) is 5.75 Å². The second kappa shape index (κ2) is 6.56. The standard InChI is InChI=1S/C15H14O4/c16-15(17)13-8-4-5-9-14(13)19-11-18-10-12-6-2-1-3-7-12/h1-9H,10-11H2,(H,16,17). The molecule has 0 aliphatic carbocycles. The molecule has 0 aliphatic rings. The molecular weight excluding hydrogens is 244 g/mol. The third kappa shape index (κ3) is 3.82. The fraction of sp³-hybridized carbons (Fsp3) is 0.133. The summed E-state index contributed by atoms with van der Waals surface area (Å²) in [7, 11) is 0. The molecule has 4 nitrogen and oxygen atoms in total. The number of carbonyl (C=O) groups is 1. The van der Waals surface area contributed by atoms with Crippen molar-refractivity contribution in [3.05, 3.63) is 65.7 Å². The summed E-state index contributed by atoms with van der Waals surface area (Å²) in [6.45, 7) is 0.440. The number of benzene rings is 2. The third-order valence-corrected chi connectivity index (χ3v) is 2.53. The SMILES string of the molecule is O=C(O)c1ccccc1OCOCc1ccccc1. The van der Waals surface area contributed by atoms with E-state index in [2.05, 4.69) is 0 Å². The van der Waals surface area contributed by atoms with Gasteiger partial charge in [-0.2, -0.15) is 0 Å². The average Bonchev–Trinajstić information content (AvgIpc) is 2.45. The van der Waals surface area contributed by atoms with Crippen LogP contribution in [0.2, 0.25) is 0 Å². The van der Waals surface area contributed by atoms with E-state index in [1.54, 1.807) is 18.2 Å². The number of aromatic carboxylic acids is 1. The molecular formula is C15H14O4. The summed E-state index contributed by atoms with van der Waals surface area (Å²) in [6, 6.07) is 16.2. The van der Waals surface area contributed by atoms with Gasteiger partial charge in [-0.15, -0.1) is 0 Å². The molecule has 0 spiro atoms. The van der Waals surface area contributed by atoms with Crippen LogP contribution >= 0.6 is 0 Å². The van der Waals surface area contributed by atoms with E-state index in [1.165, 1.54) is 6.07 Å². The highest BCUT2D eigenvalue weighted by Crippen LogP contribution is 2.17. The Hall–Kier alpha value is -2.33. The number of hydrogen-bond acceptors (Lipinski definition) is 3. The zero-order valence-corrected chi connectivity index (χ0v) is 10.3. The Bertz CT molecular complexity index is 537. The van der Waals surface area contributed by atoms with Crippen molar-refractivity contribution in [2.45, 2.75) is 6.61 Å². The van der Waals surface area contributed by atoms with Crippen molar-refractivity contribution in [2.24, 2.45) is 0 Å². The molecule has 0 saturated heterocycles. The van der Waals surface area contributed by atoms with Crippen LogP contribution in [0.4, 0.5) is 0 Å². The lowest BCUT2D eigenvalue weighted by atomic mass is 10.2. The Labute approximate surface area is 111 Å². The monoisotopic (exact) mass is 258 g/mol. The molecule has 0 fully saturated rings. The third-order valence-electron chi connectivity index (χ3n) is 2.53. The summed E-state index contributed by atoms with van der Waals surface area (Å²) in [6.07, 6.45) is 0. The Kier molecular flexibility index (Phi) is 4.53. The zero-order valence-electron chi connectivity index (χ0n) is 10.3. The van der Waals surface area contributed by atoms with Crippen LogP contribution < -0.4 is 4.74 Å². The van der Waals surface area contributed by atoms with Crippen molar-refractivity contribution in [1.29, 1.82) is 0 Å². The number of rotatable bonds is 6. The molecule has 0 atom stereocenters. The maximum atomic E-state index is 11.0. The number of hydrogen-bond donors (Lipinski definition) is 1. The van der Waals surface area contributed by atoms with Crippen LogP contribution in [0.3, 0.4) is 0 Å². The predicted octanol–water partition coefficient (Wildman–Crippen LogP) is 2.94. The molecule has 0 aliphatic heterocycles. The van der Waals surface area contributed by atoms with Crippen LogP contribution in [0.25, 0.3) is 0 Å². The molecule has 98 valence electrons. The van der Waals surface area contributed by atoms with Crippen LogP contribution in [-0.4, -0.2) is 17.9 Å². The maximum Gasteiger partial charge on any atom is 0.339 e. The lowest BCUT2D eigenvalue weighted by Crippen LogP contribution is -2.07. The summed E-state index contributed by atoms with van der Waals surface area (Å²) in [5.74, 6) is -0.707. The van der Waals surface area contributed by atoms with Gasteiger partial charge in [-0.1, -0.05) is 42.5 Å². The first-order valence-electron chi connectivity index (χ1n) is 5.84. The molecule has 0 aromatic heterocycles. The van der Waals surface area contributed by atoms with Gasteiger partial charge in [0.25, 0.3) is 0 Å². The molecule has 0 saturated carbocycles. The molecule has 2 rings (SSSR count). The van der Waals surface area contributed by atoms with E-state index in [0.717, 1.165) is 5.56 Å². The number of carboxylic acid groups (broad SMARTS) is 1. The minimum Gasteiger partial charge on any atom is -0.478 e. The van der Waals surface area contributed by atoms with Gasteiger partial charge in [0.05, 0.1) is 6.61 Å². The first kappa shape index (κ1) is 13.1. The van der Waals surface area contributed by atoms with Gasteiger partial charge < -0.3 is 14.6 Å². The normalized spacial score (nSPS) is 10.1. The van der Waals surface area contributed by atoms with E-state index >= 15 is 0 Å². The lowest BCUT2D eigenvalue weighted by molar-refractivity contribution is 0.00432. The Morgan fingerprint density at radius 2 is 1.68 bits per heavy atom. The summed E-state index contributed by atoms with van der Waals surface area (Å²) in [4.78, 5) is 11.0. The second-order valence-corrected chi connectivity index (χ2v) is 3.90. The number of ether oxygens (including phenoxy) is 2. The van der Waals surface area contributed by atoms with E-state index in [4.69, 9.17) is 14.6 Å². The second-order valence-electron chi connectivity index (χ2n) is 3.90. The van der Waals surface area contributed by atoms with Crippen LogP contribution in [0, 0.1) is 0 Å². The minimum atomic E-state index is -1.02. The van der Waals surface area contributed by atoms with Crippen molar-refractivity contribution in [3.63, 3.8) is 0 Å². The lowest BCUT2D eigenvalue weighted by Gasteiger charge is -2.09. The molecule has 4 heteroatoms. The molecule has 0 radical (unpaired) electrons. The summed E-state index contributed by atoms with van der Waals surface area (Å²) < 4.78 is 10.7. The van der Waals surface area contributed by atoms with Crippen LogP contribution in [0.5, 0.6) is 5.75 Å². The molecule has 0 bridgehead atoms. The molecule has 1 N–H and O–H groups in total. The van der Waals surface area contributed by atoms with Crippen molar-refractivity contribution < 1.29 is 19.4 Å². The molecule has 0 amide bonds.